The van der Waals surface area contributed by atoms with Gasteiger partial charge in [0.1, 0.15) is 0 Å². The van der Waals surface area contributed by atoms with Crippen molar-refractivity contribution in [1.29, 1.82) is 0 Å². The van der Waals surface area contributed by atoms with Gasteiger partial charge in [-0.1, -0.05) is 0 Å². The largest absolute Gasteiger partial charge is 0.434 e. The number of carbonyl (C=O) groups excluding carboxylic acids is 1. The van der Waals surface area contributed by atoms with Gasteiger partial charge in [0.05, 0.1) is 11.8 Å². The molecule has 21 heavy (non-hydrogen) atoms. The average Bonchev–Trinajstić information content (AvgIpc) is 2.84. The number of hydrogen-bond donors (Lipinski definition) is 2. The van der Waals surface area contributed by atoms with Crippen LogP contribution in [-0.4, -0.2) is 32.4 Å². The van der Waals surface area contributed by atoms with Gasteiger partial charge in [-0.3, -0.25) is 9.59 Å². The summed E-state index contributed by atoms with van der Waals surface area (Å²) in [4.78, 5) is 22.6. The normalized spacial score (nSPS) is 11.4. The van der Waals surface area contributed by atoms with Gasteiger partial charge in [0.25, 0.3) is 11.5 Å². The SMILES string of the molecule is CCNC(=O)c1cnn(-c2ccc(=O)[nH]n2)c1C(F)(F)F. The fraction of sp³-hybridized carbons (Fsp3) is 0.273. The minimum absolute atomic E-state index is 0.179. The number of halogens is 3. The van der Waals surface area contributed by atoms with E-state index < -0.39 is 28.9 Å². The van der Waals surface area contributed by atoms with Crippen LogP contribution in [0.4, 0.5) is 13.2 Å². The maximum atomic E-state index is 13.2. The monoisotopic (exact) mass is 301 g/mol. The van der Waals surface area contributed by atoms with Crippen LogP contribution < -0.4 is 10.9 Å². The summed E-state index contributed by atoms with van der Waals surface area (Å²) in [5.74, 6) is -1.14. The topological polar surface area (TPSA) is 92.7 Å². The van der Waals surface area contributed by atoms with E-state index in [1.165, 1.54) is 0 Å². The molecule has 0 atom stereocenters. The number of hydrogen-bond acceptors (Lipinski definition) is 4. The summed E-state index contributed by atoms with van der Waals surface area (Å²) in [5.41, 5.74) is -2.44. The Kier molecular flexibility index (Phi) is 3.78. The van der Waals surface area contributed by atoms with Crippen LogP contribution in [0.5, 0.6) is 0 Å². The zero-order chi connectivity index (χ0) is 15.6. The number of amides is 1. The van der Waals surface area contributed by atoms with Crippen molar-refractivity contribution in [2.45, 2.75) is 13.1 Å². The van der Waals surface area contributed by atoms with Gasteiger partial charge >= 0.3 is 6.18 Å². The van der Waals surface area contributed by atoms with Gasteiger partial charge in [-0.2, -0.15) is 23.4 Å². The number of alkyl halides is 3. The number of nitrogens with zero attached hydrogens (tertiary/aromatic N) is 3. The lowest BCUT2D eigenvalue weighted by atomic mass is 10.2. The number of carbonyl (C=O) groups is 1. The first-order valence-electron chi connectivity index (χ1n) is 5.84. The van der Waals surface area contributed by atoms with Gasteiger partial charge in [0.15, 0.2) is 11.5 Å². The Morgan fingerprint density at radius 3 is 2.67 bits per heavy atom. The third kappa shape index (κ3) is 2.93. The van der Waals surface area contributed by atoms with E-state index in [4.69, 9.17) is 0 Å². The van der Waals surface area contributed by atoms with Crippen LogP contribution in [0.1, 0.15) is 23.0 Å². The summed E-state index contributed by atoms with van der Waals surface area (Å²) in [5, 5.41) is 11.3. The summed E-state index contributed by atoms with van der Waals surface area (Å²) in [7, 11) is 0. The number of rotatable bonds is 3. The van der Waals surface area contributed by atoms with E-state index >= 15 is 0 Å². The van der Waals surface area contributed by atoms with E-state index in [0.717, 1.165) is 18.3 Å². The molecule has 0 aromatic carbocycles. The van der Waals surface area contributed by atoms with Crippen molar-refractivity contribution in [3.63, 3.8) is 0 Å². The van der Waals surface area contributed by atoms with Gasteiger partial charge in [-0.25, -0.2) is 9.78 Å². The minimum Gasteiger partial charge on any atom is -0.352 e. The van der Waals surface area contributed by atoms with E-state index in [1.807, 2.05) is 5.10 Å². The maximum Gasteiger partial charge on any atom is 0.434 e. The Morgan fingerprint density at radius 1 is 1.43 bits per heavy atom. The number of aromatic amines is 1. The lowest BCUT2D eigenvalue weighted by Crippen LogP contribution is -2.26. The predicted octanol–water partition coefficient (Wildman–Crippen LogP) is 0.724. The molecule has 2 N–H and O–H groups in total. The molecule has 0 saturated heterocycles. The Balaban J connectivity index is 2.60. The van der Waals surface area contributed by atoms with Crippen molar-refractivity contribution >= 4 is 5.91 Å². The molecule has 2 aromatic rings. The second kappa shape index (κ2) is 5.38. The van der Waals surface area contributed by atoms with Crippen LogP contribution in [0, 0.1) is 0 Å². The highest BCUT2D eigenvalue weighted by Crippen LogP contribution is 2.33. The molecule has 0 aliphatic rings. The zero-order valence-corrected chi connectivity index (χ0v) is 10.7. The smallest absolute Gasteiger partial charge is 0.352 e. The lowest BCUT2D eigenvalue weighted by Gasteiger charge is -2.11. The molecule has 0 aliphatic carbocycles. The molecule has 112 valence electrons. The van der Waals surface area contributed by atoms with Gasteiger partial charge in [0, 0.05) is 12.6 Å². The van der Waals surface area contributed by atoms with Crippen LogP contribution in [0.3, 0.4) is 0 Å². The first-order chi connectivity index (χ1) is 9.84. The Hall–Kier alpha value is -2.65. The van der Waals surface area contributed by atoms with E-state index in [-0.39, 0.29) is 12.4 Å². The van der Waals surface area contributed by atoms with Crippen LogP contribution in [-0.2, 0) is 6.18 Å². The van der Waals surface area contributed by atoms with Crippen molar-refractivity contribution in [1.82, 2.24) is 25.3 Å². The Labute approximate surface area is 115 Å². The van der Waals surface area contributed by atoms with Crippen molar-refractivity contribution in [3.05, 3.63) is 39.9 Å². The third-order valence-corrected chi connectivity index (χ3v) is 2.50. The second-order valence-corrected chi connectivity index (χ2v) is 3.96. The van der Waals surface area contributed by atoms with Crippen LogP contribution in [0.2, 0.25) is 0 Å². The highest BCUT2D eigenvalue weighted by atomic mass is 19.4. The summed E-state index contributed by atoms with van der Waals surface area (Å²) in [6.45, 7) is 1.76. The molecule has 0 aliphatic heterocycles. The first-order valence-corrected chi connectivity index (χ1v) is 5.84. The number of aromatic nitrogens is 4. The van der Waals surface area contributed by atoms with Crippen LogP contribution in [0.15, 0.2) is 23.1 Å². The fourth-order valence-electron chi connectivity index (χ4n) is 1.67. The summed E-state index contributed by atoms with van der Waals surface area (Å²) in [6, 6.07) is 2.08. The van der Waals surface area contributed by atoms with Gasteiger partial charge < -0.3 is 5.32 Å². The Morgan fingerprint density at radius 2 is 2.14 bits per heavy atom. The van der Waals surface area contributed by atoms with Gasteiger partial charge in [-0.05, 0) is 13.0 Å². The van der Waals surface area contributed by atoms with Gasteiger partial charge in [-0.15, -0.1) is 0 Å². The molecular weight excluding hydrogens is 291 g/mol. The highest BCUT2D eigenvalue weighted by molar-refractivity contribution is 5.95. The standard InChI is InChI=1S/C11H10F3N5O2/c1-2-15-10(21)6-5-16-19(9(6)11(12,13)14)7-3-4-8(20)18-17-7/h3-5H,2H2,1H3,(H,15,21)(H,18,20). The molecule has 2 aromatic heterocycles. The molecule has 0 bridgehead atoms. The quantitative estimate of drug-likeness (QED) is 0.874. The van der Waals surface area contributed by atoms with Crippen molar-refractivity contribution in [2.24, 2.45) is 0 Å². The van der Waals surface area contributed by atoms with Gasteiger partial charge in [0.2, 0.25) is 0 Å². The molecule has 2 rings (SSSR count). The molecule has 10 heteroatoms. The van der Waals surface area contributed by atoms with E-state index in [1.54, 1.807) is 6.92 Å². The molecule has 0 unspecified atom stereocenters. The van der Waals surface area contributed by atoms with Crippen molar-refractivity contribution in [3.8, 4) is 5.82 Å². The summed E-state index contributed by atoms with van der Waals surface area (Å²) < 4.78 is 40.0. The van der Waals surface area contributed by atoms with E-state index in [9.17, 15) is 22.8 Å². The van der Waals surface area contributed by atoms with E-state index in [0.29, 0.717) is 4.68 Å². The molecule has 0 spiro atoms. The van der Waals surface area contributed by atoms with E-state index in [2.05, 4.69) is 15.5 Å². The Bertz CT molecular complexity index is 699. The predicted molar refractivity (Wildman–Crippen MR) is 65.0 cm³/mol. The second-order valence-electron chi connectivity index (χ2n) is 3.96. The zero-order valence-electron chi connectivity index (χ0n) is 10.7. The molecule has 1 amide bonds. The van der Waals surface area contributed by atoms with Crippen molar-refractivity contribution < 1.29 is 18.0 Å². The number of nitrogens with one attached hydrogen (secondary N) is 2. The molecule has 0 saturated carbocycles. The molecule has 7 nitrogen and oxygen atoms in total. The molecule has 0 radical (unpaired) electrons. The number of H-pyrrole nitrogens is 1. The summed E-state index contributed by atoms with van der Waals surface area (Å²) >= 11 is 0. The molecule has 0 fully saturated rings. The summed E-state index contributed by atoms with van der Waals surface area (Å²) in [6.07, 6.45) is -4.00. The molecular formula is C11H10F3N5O2. The average molecular weight is 301 g/mol. The van der Waals surface area contributed by atoms with Crippen molar-refractivity contribution in [2.75, 3.05) is 6.54 Å². The maximum absolute atomic E-state index is 13.2. The lowest BCUT2D eigenvalue weighted by molar-refractivity contribution is -0.143. The van der Waals surface area contributed by atoms with Crippen LogP contribution >= 0.6 is 0 Å². The third-order valence-electron chi connectivity index (χ3n) is 2.50. The fourth-order valence-corrected chi connectivity index (χ4v) is 1.67. The first kappa shape index (κ1) is 14.8. The molecule has 2 heterocycles. The van der Waals surface area contributed by atoms with Crippen LogP contribution in [0.25, 0.3) is 5.82 Å². The highest BCUT2D eigenvalue weighted by Gasteiger charge is 2.40. The minimum atomic E-state index is -4.81.